The van der Waals surface area contributed by atoms with Crippen molar-refractivity contribution in [2.75, 3.05) is 19.8 Å². The van der Waals surface area contributed by atoms with Crippen LogP contribution < -0.4 is 0 Å². The maximum absolute atomic E-state index is 12.8. The molecule has 352 valence electrons. The van der Waals surface area contributed by atoms with Crippen LogP contribution in [0.2, 0.25) is 0 Å². The summed E-state index contributed by atoms with van der Waals surface area (Å²) in [7, 11) is -5.04. The van der Waals surface area contributed by atoms with Crippen LogP contribution in [0.15, 0.2) is 109 Å². The van der Waals surface area contributed by atoms with Gasteiger partial charge in [0.15, 0.2) is 0 Å². The first-order valence-corrected chi connectivity index (χ1v) is 24.2. The second-order valence-electron chi connectivity index (χ2n) is 15.1. The highest BCUT2D eigenvalue weighted by Gasteiger charge is 2.51. The van der Waals surface area contributed by atoms with Crippen LogP contribution >= 0.6 is 7.82 Å². The van der Waals surface area contributed by atoms with Crippen LogP contribution in [-0.2, 0) is 27.9 Å². The molecule has 0 aromatic rings. The van der Waals surface area contributed by atoms with Crippen molar-refractivity contribution in [1.29, 1.82) is 0 Å². The van der Waals surface area contributed by atoms with Crippen LogP contribution in [0, 0.1) is 0 Å². The fourth-order valence-electron chi connectivity index (χ4n) is 6.08. The highest BCUT2D eigenvalue weighted by Crippen LogP contribution is 2.47. The van der Waals surface area contributed by atoms with Gasteiger partial charge >= 0.3 is 13.8 Å². The number of aliphatic hydroxyl groups excluding tert-OH is 5. The predicted octanol–water partition coefficient (Wildman–Crippen LogP) is 9.30. The number of phosphoric acid groups is 1. The van der Waals surface area contributed by atoms with Gasteiger partial charge in [0, 0.05) is 13.0 Å². The number of hydrogen-bond donors (Lipinski definition) is 6. The minimum atomic E-state index is -5.04. The molecule has 0 bridgehead atoms. The van der Waals surface area contributed by atoms with Crippen molar-refractivity contribution in [2.24, 2.45) is 0 Å². The molecule has 1 fully saturated rings. The maximum Gasteiger partial charge on any atom is 0.472 e. The normalized spacial score (nSPS) is 23.0. The molecule has 1 aliphatic rings. The number of aliphatic hydroxyl groups is 5. The predicted molar refractivity (Wildman–Crippen MR) is 248 cm³/mol. The molecule has 0 heterocycles. The van der Waals surface area contributed by atoms with E-state index in [2.05, 4.69) is 123 Å². The molecule has 1 saturated carbocycles. The first-order chi connectivity index (χ1) is 30.0. The molecule has 0 aromatic heterocycles. The van der Waals surface area contributed by atoms with Crippen molar-refractivity contribution in [3.63, 3.8) is 0 Å². The molecule has 6 atom stereocenters. The van der Waals surface area contributed by atoms with Crippen molar-refractivity contribution < 1.29 is 58.3 Å². The highest BCUT2D eigenvalue weighted by atomic mass is 31.2. The molecule has 12 nitrogen and oxygen atoms in total. The van der Waals surface area contributed by atoms with E-state index in [0.717, 1.165) is 103 Å². The zero-order valence-electron chi connectivity index (χ0n) is 37.4. The third-order valence-electron chi connectivity index (χ3n) is 9.64. The van der Waals surface area contributed by atoms with Gasteiger partial charge < -0.3 is 39.9 Å². The van der Waals surface area contributed by atoms with Gasteiger partial charge in [0.25, 0.3) is 0 Å². The number of allylic oxidation sites excluding steroid dienone is 18. The summed E-state index contributed by atoms with van der Waals surface area (Å²) < 4.78 is 34.1. The summed E-state index contributed by atoms with van der Waals surface area (Å²) in [6.45, 7) is 3.88. The number of carbonyl (C=O) groups excluding carboxylic acids is 1. The molecule has 0 amide bonds. The number of carbonyl (C=O) groups is 1. The number of esters is 1. The molecular formula is C49H79O12P. The Labute approximate surface area is 372 Å². The zero-order valence-corrected chi connectivity index (χ0v) is 38.3. The number of phosphoric ester groups is 1. The van der Waals surface area contributed by atoms with Crippen LogP contribution in [0.4, 0.5) is 0 Å². The van der Waals surface area contributed by atoms with Crippen molar-refractivity contribution in [3.05, 3.63) is 109 Å². The summed E-state index contributed by atoms with van der Waals surface area (Å²) >= 11 is 0. The van der Waals surface area contributed by atoms with Crippen LogP contribution in [0.5, 0.6) is 0 Å². The highest BCUT2D eigenvalue weighted by molar-refractivity contribution is 7.47. The number of hydrogen-bond acceptors (Lipinski definition) is 11. The lowest BCUT2D eigenvalue weighted by molar-refractivity contribution is -0.220. The zero-order chi connectivity index (χ0) is 45.5. The molecule has 6 N–H and O–H groups in total. The van der Waals surface area contributed by atoms with Gasteiger partial charge in [0.1, 0.15) is 42.7 Å². The summed E-state index contributed by atoms with van der Waals surface area (Å²) in [5.74, 6) is -0.525. The van der Waals surface area contributed by atoms with Crippen molar-refractivity contribution in [3.8, 4) is 0 Å². The molecule has 0 saturated heterocycles. The smallest absolute Gasteiger partial charge is 0.457 e. The van der Waals surface area contributed by atoms with Gasteiger partial charge in [-0.25, -0.2) is 4.57 Å². The average molecular weight is 891 g/mol. The topological polar surface area (TPSA) is 192 Å². The van der Waals surface area contributed by atoms with E-state index in [1.807, 2.05) is 0 Å². The number of unbranched alkanes of at least 4 members (excludes halogenated alkanes) is 6. The second kappa shape index (κ2) is 38.5. The lowest BCUT2D eigenvalue weighted by Crippen LogP contribution is -2.64. The third kappa shape index (κ3) is 30.1. The summed E-state index contributed by atoms with van der Waals surface area (Å²) in [6, 6.07) is 0. The van der Waals surface area contributed by atoms with E-state index in [-0.39, 0.29) is 13.0 Å². The third-order valence-corrected chi connectivity index (χ3v) is 10.6. The van der Waals surface area contributed by atoms with E-state index >= 15 is 0 Å². The molecular weight excluding hydrogens is 812 g/mol. The molecule has 0 spiro atoms. The molecule has 1 aliphatic carbocycles. The van der Waals surface area contributed by atoms with Gasteiger partial charge in [-0.15, -0.1) is 0 Å². The largest absolute Gasteiger partial charge is 0.472 e. The first-order valence-electron chi connectivity index (χ1n) is 22.7. The summed E-state index contributed by atoms with van der Waals surface area (Å²) in [4.78, 5) is 23.1. The van der Waals surface area contributed by atoms with Gasteiger partial charge in [0.2, 0.25) is 0 Å². The van der Waals surface area contributed by atoms with Crippen LogP contribution in [-0.4, -0.2) is 98.9 Å². The number of ether oxygens (including phenoxy) is 2. The maximum atomic E-state index is 12.8. The monoisotopic (exact) mass is 891 g/mol. The SMILES string of the molecule is CC/C=C\C/C=C\C/C=C\C/C=C\C/C=C\C/C=C\CCCCCOCC(COP(=O)(O)OC1C(O)C(O)C(O)C(O)C1O)OC(=O)CCCCC/C=C\C/C=C\C/C=C\CC. The Hall–Kier alpha value is -3.00. The minimum absolute atomic E-state index is 0.120. The van der Waals surface area contributed by atoms with Crippen molar-refractivity contribution in [1.82, 2.24) is 0 Å². The quantitative estimate of drug-likeness (QED) is 0.0151. The molecule has 0 radical (unpaired) electrons. The minimum Gasteiger partial charge on any atom is -0.457 e. The fourth-order valence-corrected chi connectivity index (χ4v) is 7.05. The molecule has 62 heavy (non-hydrogen) atoms. The van der Waals surface area contributed by atoms with Gasteiger partial charge in [-0.05, 0) is 96.3 Å². The standard InChI is InChI=1S/C49H79O12P/c1-3-5-7-9-11-13-15-17-18-19-20-21-22-23-24-25-27-29-31-33-35-37-39-58-40-42(41-59-62(56,57)61-49-47(54)45(52)44(51)46(53)48(49)55)60-43(50)38-36-34-32-30-28-26-16-14-12-10-8-6-4-2/h5-8,11-14,17-18,20-21,23-24,26-29,42,44-49,51-55H,3-4,9-10,15-16,19,22,25,30-41H2,1-2H3,(H,56,57)/b7-5-,8-6-,13-11-,14-12-,18-17-,21-20-,24-23-,28-26-,29-27-. The summed E-state index contributed by atoms with van der Waals surface area (Å²) in [6.07, 6.45) is 41.7. The molecule has 6 unspecified atom stereocenters. The van der Waals surface area contributed by atoms with Gasteiger partial charge in [0.05, 0.1) is 13.2 Å². The van der Waals surface area contributed by atoms with Crippen LogP contribution in [0.1, 0.15) is 129 Å². The Balaban J connectivity index is 2.44. The van der Waals surface area contributed by atoms with Crippen molar-refractivity contribution in [2.45, 2.75) is 172 Å². The van der Waals surface area contributed by atoms with Crippen LogP contribution in [0.3, 0.4) is 0 Å². The summed E-state index contributed by atoms with van der Waals surface area (Å²) in [5, 5.41) is 50.2. The Morgan fingerprint density at radius 1 is 0.516 bits per heavy atom. The summed E-state index contributed by atoms with van der Waals surface area (Å²) in [5.41, 5.74) is 0. The van der Waals surface area contributed by atoms with E-state index in [9.17, 15) is 39.8 Å². The Morgan fingerprint density at radius 2 is 0.903 bits per heavy atom. The fraction of sp³-hybridized carbons (Fsp3) is 0.612. The van der Waals surface area contributed by atoms with E-state index in [1.165, 1.54) is 0 Å². The molecule has 0 aliphatic heterocycles. The van der Waals surface area contributed by atoms with Crippen LogP contribution in [0.25, 0.3) is 0 Å². The van der Waals surface area contributed by atoms with Gasteiger partial charge in [-0.2, -0.15) is 0 Å². The lowest BCUT2D eigenvalue weighted by Gasteiger charge is -2.41. The average Bonchev–Trinajstić information content (AvgIpc) is 3.26. The molecule has 1 rings (SSSR count). The molecule has 13 heteroatoms. The van der Waals surface area contributed by atoms with Crippen molar-refractivity contribution >= 4 is 13.8 Å². The Kier molecular flexibility index (Phi) is 35.4. The number of rotatable bonds is 36. The van der Waals surface area contributed by atoms with Gasteiger partial charge in [-0.1, -0.05) is 136 Å². The van der Waals surface area contributed by atoms with E-state index in [0.29, 0.717) is 13.0 Å². The Morgan fingerprint density at radius 3 is 1.34 bits per heavy atom. The lowest BCUT2D eigenvalue weighted by atomic mass is 9.85. The van der Waals surface area contributed by atoms with E-state index < -0.39 is 63.1 Å². The Bertz CT molecular complexity index is 1430. The van der Waals surface area contributed by atoms with Gasteiger partial charge in [-0.3, -0.25) is 13.8 Å². The van der Waals surface area contributed by atoms with E-state index in [1.54, 1.807) is 0 Å². The second-order valence-corrected chi connectivity index (χ2v) is 16.5. The molecule has 0 aromatic carbocycles. The van der Waals surface area contributed by atoms with E-state index in [4.69, 9.17) is 18.5 Å². The first kappa shape index (κ1) is 57.0.